The van der Waals surface area contributed by atoms with Gasteiger partial charge in [0, 0.05) is 11.8 Å². The molecule has 0 aliphatic rings. The summed E-state index contributed by atoms with van der Waals surface area (Å²) < 4.78 is 13.1. The quantitative estimate of drug-likeness (QED) is 0.876. The van der Waals surface area contributed by atoms with Crippen molar-refractivity contribution in [3.63, 3.8) is 0 Å². The Balaban J connectivity index is 0.00000220. The van der Waals surface area contributed by atoms with Crippen LogP contribution in [0.1, 0.15) is 26.3 Å². The SMILES string of the molecule is Cc1ccc(F)cc1C(=O)Nc1ccc(C(=O)Cl)cn1.Cl. The van der Waals surface area contributed by atoms with Crippen LogP contribution in [0.25, 0.3) is 0 Å². The number of benzene rings is 1. The van der Waals surface area contributed by atoms with Crippen molar-refractivity contribution < 1.29 is 14.0 Å². The third-order valence-corrected chi connectivity index (χ3v) is 2.89. The van der Waals surface area contributed by atoms with Crippen LogP contribution in [0.4, 0.5) is 10.2 Å². The maximum absolute atomic E-state index is 13.1. The smallest absolute Gasteiger partial charge is 0.257 e. The summed E-state index contributed by atoms with van der Waals surface area (Å²) in [5, 5.41) is 1.89. The molecular formula is C14H11Cl2FN2O2. The average Bonchev–Trinajstić information content (AvgIpc) is 2.42. The molecule has 0 atom stereocenters. The lowest BCUT2D eigenvalue weighted by molar-refractivity contribution is 0.102. The number of nitrogens with zero attached hydrogens (tertiary/aromatic N) is 1. The van der Waals surface area contributed by atoms with E-state index in [2.05, 4.69) is 10.3 Å². The van der Waals surface area contributed by atoms with Crippen molar-refractivity contribution in [2.75, 3.05) is 5.32 Å². The molecule has 0 saturated carbocycles. The van der Waals surface area contributed by atoms with E-state index in [0.29, 0.717) is 5.56 Å². The highest BCUT2D eigenvalue weighted by molar-refractivity contribution is 6.67. The molecule has 0 aliphatic carbocycles. The second-order valence-corrected chi connectivity index (χ2v) is 4.46. The van der Waals surface area contributed by atoms with E-state index in [-0.39, 0.29) is 29.4 Å². The van der Waals surface area contributed by atoms with Crippen molar-refractivity contribution in [2.24, 2.45) is 0 Å². The Bertz CT molecular complexity index is 675. The zero-order valence-corrected chi connectivity index (χ0v) is 12.5. The summed E-state index contributed by atoms with van der Waals surface area (Å²) in [6.07, 6.45) is 1.25. The number of carbonyl (C=O) groups excluding carboxylic acids is 2. The molecule has 110 valence electrons. The maximum atomic E-state index is 13.1. The van der Waals surface area contributed by atoms with E-state index in [0.717, 1.165) is 6.07 Å². The Morgan fingerprint density at radius 3 is 2.52 bits per heavy atom. The third kappa shape index (κ3) is 4.24. The molecule has 0 aliphatic heterocycles. The van der Waals surface area contributed by atoms with Crippen molar-refractivity contribution >= 4 is 41.0 Å². The number of hydrogen-bond acceptors (Lipinski definition) is 3. The van der Waals surface area contributed by atoms with Crippen molar-refractivity contribution in [3.05, 3.63) is 59.0 Å². The molecular weight excluding hydrogens is 318 g/mol. The van der Waals surface area contributed by atoms with Gasteiger partial charge in [0.15, 0.2) is 0 Å². The van der Waals surface area contributed by atoms with Crippen molar-refractivity contribution in [1.29, 1.82) is 0 Å². The van der Waals surface area contributed by atoms with Crippen LogP contribution in [-0.4, -0.2) is 16.1 Å². The van der Waals surface area contributed by atoms with E-state index in [4.69, 9.17) is 11.6 Å². The fourth-order valence-electron chi connectivity index (χ4n) is 1.61. The van der Waals surface area contributed by atoms with E-state index in [9.17, 15) is 14.0 Å². The summed E-state index contributed by atoms with van der Waals surface area (Å²) in [7, 11) is 0. The predicted molar refractivity (Wildman–Crippen MR) is 80.8 cm³/mol. The number of hydrogen-bond donors (Lipinski definition) is 1. The molecule has 2 rings (SSSR count). The number of aromatic nitrogens is 1. The highest BCUT2D eigenvalue weighted by atomic mass is 35.5. The van der Waals surface area contributed by atoms with E-state index < -0.39 is 17.0 Å². The number of anilines is 1. The van der Waals surface area contributed by atoms with Crippen molar-refractivity contribution in [1.82, 2.24) is 4.98 Å². The molecule has 2 aromatic rings. The first-order valence-corrected chi connectivity index (χ1v) is 6.08. The lowest BCUT2D eigenvalue weighted by atomic mass is 10.1. The molecule has 0 fully saturated rings. The molecule has 1 aromatic heterocycles. The summed E-state index contributed by atoms with van der Waals surface area (Å²) in [5.74, 6) is -0.712. The van der Waals surface area contributed by atoms with Crippen LogP contribution in [0.3, 0.4) is 0 Å². The van der Waals surface area contributed by atoms with Gasteiger partial charge in [-0.05, 0) is 48.4 Å². The number of pyridine rings is 1. The highest BCUT2D eigenvalue weighted by Gasteiger charge is 2.11. The Hall–Kier alpha value is -1.98. The van der Waals surface area contributed by atoms with Crippen LogP contribution in [0.15, 0.2) is 36.5 Å². The van der Waals surface area contributed by atoms with Gasteiger partial charge in [0.25, 0.3) is 11.1 Å². The summed E-state index contributed by atoms with van der Waals surface area (Å²) >= 11 is 5.29. The molecule has 0 saturated heterocycles. The fourth-order valence-corrected chi connectivity index (χ4v) is 1.72. The van der Waals surface area contributed by atoms with Gasteiger partial charge in [0.05, 0.1) is 5.56 Å². The standard InChI is InChI=1S/C14H10ClFN2O2.ClH/c1-8-2-4-10(16)6-11(8)14(20)18-12-5-3-9(7-17-12)13(15)19;/h2-7H,1H3,(H,17,18,20);1H. The van der Waals surface area contributed by atoms with Gasteiger partial charge in [-0.15, -0.1) is 12.4 Å². The summed E-state index contributed by atoms with van der Waals surface area (Å²) in [4.78, 5) is 26.8. The second-order valence-electron chi connectivity index (χ2n) is 4.12. The molecule has 4 nitrogen and oxygen atoms in total. The maximum Gasteiger partial charge on any atom is 0.257 e. The average molecular weight is 329 g/mol. The molecule has 21 heavy (non-hydrogen) atoms. The zero-order chi connectivity index (χ0) is 14.7. The van der Waals surface area contributed by atoms with Crippen molar-refractivity contribution in [3.8, 4) is 0 Å². The number of carbonyl (C=O) groups is 2. The monoisotopic (exact) mass is 328 g/mol. The van der Waals surface area contributed by atoms with Crippen LogP contribution in [0.2, 0.25) is 0 Å². The molecule has 0 radical (unpaired) electrons. The van der Waals surface area contributed by atoms with Crippen LogP contribution in [0.5, 0.6) is 0 Å². The molecule has 1 N–H and O–H groups in total. The number of rotatable bonds is 3. The number of aryl methyl sites for hydroxylation is 1. The number of nitrogens with one attached hydrogen (secondary N) is 1. The molecule has 0 spiro atoms. The van der Waals surface area contributed by atoms with E-state index in [1.54, 1.807) is 6.92 Å². The molecule has 0 bridgehead atoms. The summed E-state index contributed by atoms with van der Waals surface area (Å²) in [5.41, 5.74) is 1.10. The normalized spacial score (nSPS) is 9.67. The Morgan fingerprint density at radius 1 is 1.24 bits per heavy atom. The van der Waals surface area contributed by atoms with Gasteiger partial charge in [-0.1, -0.05) is 6.07 Å². The van der Waals surface area contributed by atoms with Crippen molar-refractivity contribution in [2.45, 2.75) is 6.92 Å². The highest BCUT2D eigenvalue weighted by Crippen LogP contribution is 2.13. The number of amides is 1. The van der Waals surface area contributed by atoms with Gasteiger partial charge >= 0.3 is 0 Å². The van der Waals surface area contributed by atoms with Gasteiger partial charge in [-0.2, -0.15) is 0 Å². The van der Waals surface area contributed by atoms with E-state index in [1.807, 2.05) is 0 Å². The zero-order valence-electron chi connectivity index (χ0n) is 10.9. The van der Waals surface area contributed by atoms with Gasteiger partial charge in [0.2, 0.25) is 0 Å². The van der Waals surface area contributed by atoms with Crippen LogP contribution < -0.4 is 5.32 Å². The topological polar surface area (TPSA) is 59.1 Å². The minimum atomic E-state index is -0.628. The van der Waals surface area contributed by atoms with Gasteiger partial charge in [-0.3, -0.25) is 9.59 Å². The Morgan fingerprint density at radius 2 is 1.95 bits per heavy atom. The first-order valence-electron chi connectivity index (χ1n) is 5.71. The Labute approximate surface area is 131 Å². The minimum Gasteiger partial charge on any atom is -0.307 e. The lowest BCUT2D eigenvalue weighted by Crippen LogP contribution is -2.14. The molecule has 1 amide bonds. The fraction of sp³-hybridized carbons (Fsp3) is 0.0714. The third-order valence-electron chi connectivity index (χ3n) is 2.68. The van der Waals surface area contributed by atoms with E-state index >= 15 is 0 Å². The van der Waals surface area contributed by atoms with Gasteiger partial charge < -0.3 is 5.32 Å². The predicted octanol–water partition coefficient (Wildman–Crippen LogP) is 3.58. The van der Waals surface area contributed by atoms with Crippen LogP contribution in [-0.2, 0) is 0 Å². The number of halogens is 3. The molecule has 1 aromatic carbocycles. The van der Waals surface area contributed by atoms with E-state index in [1.165, 1.54) is 30.5 Å². The Kier molecular flexibility index (Phi) is 5.81. The van der Waals surface area contributed by atoms with Gasteiger partial charge in [0.1, 0.15) is 11.6 Å². The summed E-state index contributed by atoms with van der Waals surface area (Å²) in [6.45, 7) is 1.71. The van der Waals surface area contributed by atoms with Crippen LogP contribution >= 0.6 is 24.0 Å². The molecule has 0 unspecified atom stereocenters. The van der Waals surface area contributed by atoms with Gasteiger partial charge in [-0.25, -0.2) is 9.37 Å². The second kappa shape index (κ2) is 7.15. The first kappa shape index (κ1) is 17.1. The first-order chi connectivity index (χ1) is 9.47. The molecule has 7 heteroatoms. The van der Waals surface area contributed by atoms with Crippen LogP contribution in [0, 0.1) is 12.7 Å². The minimum absolute atomic E-state index is 0. The summed E-state index contributed by atoms with van der Waals surface area (Å²) in [6, 6.07) is 6.85. The lowest BCUT2D eigenvalue weighted by Gasteiger charge is -2.07. The molecule has 1 heterocycles. The largest absolute Gasteiger partial charge is 0.307 e.